The highest BCUT2D eigenvalue weighted by atomic mass is 32.2. The summed E-state index contributed by atoms with van der Waals surface area (Å²) in [7, 11) is -2.74. The summed E-state index contributed by atoms with van der Waals surface area (Å²) in [6.07, 6.45) is -0.433. The molecule has 226 valence electrons. The molecule has 1 aliphatic carbocycles. The molecule has 1 N–H and O–H groups in total. The van der Waals surface area contributed by atoms with Crippen molar-refractivity contribution < 1.29 is 31.4 Å². The average Bonchev–Trinajstić information content (AvgIpc) is 2.98. The number of alkyl halides is 3. The average molecular weight is 603 g/mol. The molecule has 2 atom stereocenters. The van der Waals surface area contributed by atoms with Crippen LogP contribution in [0.2, 0.25) is 0 Å². The van der Waals surface area contributed by atoms with Gasteiger partial charge in [-0.25, -0.2) is 8.42 Å². The van der Waals surface area contributed by atoms with Crippen LogP contribution < -0.4 is 9.04 Å². The predicted octanol–water partition coefficient (Wildman–Crippen LogP) is 6.51. The SMILES string of the molecule is COc1ccc(S(=O)(=O)N(c2cccc(C(F)(F)F)c2)C2CCN([C@@H]3CCCC[C@]3(O)c3ccccc3C)CC2)cc1. The van der Waals surface area contributed by atoms with E-state index in [1.165, 1.54) is 43.5 Å². The maximum atomic E-state index is 14.1. The van der Waals surface area contributed by atoms with E-state index in [4.69, 9.17) is 4.74 Å². The zero-order valence-corrected chi connectivity index (χ0v) is 24.7. The molecule has 2 aliphatic rings. The molecule has 0 aromatic heterocycles. The van der Waals surface area contributed by atoms with Gasteiger partial charge in [0.05, 0.1) is 23.3 Å². The van der Waals surface area contributed by atoms with Crippen LogP contribution in [0.1, 0.15) is 55.2 Å². The van der Waals surface area contributed by atoms with Crippen molar-refractivity contribution in [2.24, 2.45) is 0 Å². The number of halogens is 3. The first kappa shape index (κ1) is 30.4. The third-order valence-corrected chi connectivity index (χ3v) is 10.7. The van der Waals surface area contributed by atoms with E-state index >= 15 is 0 Å². The lowest BCUT2D eigenvalue weighted by Crippen LogP contribution is -2.57. The molecule has 0 radical (unpaired) electrons. The highest BCUT2D eigenvalue weighted by molar-refractivity contribution is 7.92. The number of sulfonamides is 1. The van der Waals surface area contributed by atoms with Crippen molar-refractivity contribution in [3.8, 4) is 5.75 Å². The zero-order valence-electron chi connectivity index (χ0n) is 23.8. The Balaban J connectivity index is 1.46. The number of likely N-dealkylation sites (tertiary alicyclic amines) is 1. The normalized spacial score (nSPS) is 22.6. The van der Waals surface area contributed by atoms with Crippen molar-refractivity contribution in [1.82, 2.24) is 4.90 Å². The molecule has 2 fully saturated rings. The van der Waals surface area contributed by atoms with Crippen LogP contribution in [0.4, 0.5) is 18.9 Å². The first-order valence-corrected chi connectivity index (χ1v) is 15.8. The van der Waals surface area contributed by atoms with Crippen molar-refractivity contribution in [3.05, 3.63) is 89.5 Å². The van der Waals surface area contributed by atoms with E-state index < -0.39 is 33.4 Å². The Kier molecular flexibility index (Phi) is 8.60. The van der Waals surface area contributed by atoms with Crippen LogP contribution in [0.25, 0.3) is 0 Å². The summed E-state index contributed by atoms with van der Waals surface area (Å²) in [5.74, 6) is 0.474. The molecule has 5 rings (SSSR count). The zero-order chi connectivity index (χ0) is 30.1. The van der Waals surface area contributed by atoms with E-state index in [0.717, 1.165) is 46.8 Å². The summed E-state index contributed by atoms with van der Waals surface area (Å²) in [5, 5.41) is 12.1. The molecule has 0 bridgehead atoms. The standard InChI is InChI=1S/C32H37F3N2O4S/c1-23-8-3-4-11-29(23)31(38)19-6-5-12-30(31)36-20-17-25(18-21-36)37(26-10-7-9-24(22-26)32(33,34)35)42(39,40)28-15-13-27(41-2)14-16-28/h3-4,7-11,13-16,22,25,30,38H,5-6,12,17-21H2,1-2H3/t30-,31+/m1/s1. The topological polar surface area (TPSA) is 70.1 Å². The molecular weight excluding hydrogens is 565 g/mol. The molecule has 1 aliphatic heterocycles. The first-order valence-electron chi connectivity index (χ1n) is 14.3. The Labute approximate surface area is 245 Å². The number of methoxy groups -OCH3 is 1. The number of hydrogen-bond acceptors (Lipinski definition) is 5. The van der Waals surface area contributed by atoms with Crippen LogP contribution >= 0.6 is 0 Å². The smallest absolute Gasteiger partial charge is 0.416 e. The third-order valence-electron chi connectivity index (χ3n) is 8.76. The van der Waals surface area contributed by atoms with Crippen molar-refractivity contribution in [2.75, 3.05) is 24.5 Å². The van der Waals surface area contributed by atoms with Gasteiger partial charge in [-0.2, -0.15) is 13.2 Å². The van der Waals surface area contributed by atoms with Crippen LogP contribution in [0, 0.1) is 6.92 Å². The summed E-state index contributed by atoms with van der Waals surface area (Å²) in [6.45, 7) is 3.02. The lowest BCUT2D eigenvalue weighted by molar-refractivity contribution is -0.137. The van der Waals surface area contributed by atoms with Crippen LogP contribution in [0.3, 0.4) is 0 Å². The highest BCUT2D eigenvalue weighted by Gasteiger charge is 2.46. The Morgan fingerprint density at radius 3 is 2.29 bits per heavy atom. The van der Waals surface area contributed by atoms with Gasteiger partial charge in [-0.3, -0.25) is 9.21 Å². The maximum Gasteiger partial charge on any atom is 0.416 e. The van der Waals surface area contributed by atoms with Crippen molar-refractivity contribution in [3.63, 3.8) is 0 Å². The van der Waals surface area contributed by atoms with Crippen LogP contribution in [0.5, 0.6) is 5.75 Å². The summed E-state index contributed by atoms with van der Waals surface area (Å²) >= 11 is 0. The van der Waals surface area contributed by atoms with Gasteiger partial charge in [0.2, 0.25) is 0 Å². The van der Waals surface area contributed by atoms with Gasteiger partial charge in [0.25, 0.3) is 10.0 Å². The van der Waals surface area contributed by atoms with Crippen LogP contribution in [0.15, 0.2) is 77.7 Å². The third kappa shape index (κ3) is 5.89. The minimum Gasteiger partial charge on any atom is -0.497 e. The molecule has 1 saturated carbocycles. The molecule has 0 spiro atoms. The van der Waals surface area contributed by atoms with Gasteiger partial charge in [0.15, 0.2) is 0 Å². The molecule has 42 heavy (non-hydrogen) atoms. The van der Waals surface area contributed by atoms with E-state index in [-0.39, 0.29) is 16.6 Å². The Morgan fingerprint density at radius 1 is 0.952 bits per heavy atom. The summed E-state index contributed by atoms with van der Waals surface area (Å²) in [4.78, 5) is 2.22. The molecule has 0 amide bonds. The molecule has 1 saturated heterocycles. The van der Waals surface area contributed by atoms with E-state index in [9.17, 15) is 26.7 Å². The highest BCUT2D eigenvalue weighted by Crippen LogP contribution is 2.43. The van der Waals surface area contributed by atoms with Gasteiger partial charge < -0.3 is 9.84 Å². The van der Waals surface area contributed by atoms with E-state index in [1.807, 2.05) is 31.2 Å². The van der Waals surface area contributed by atoms with Crippen LogP contribution in [-0.4, -0.2) is 50.7 Å². The number of ether oxygens (including phenoxy) is 1. The van der Waals surface area contributed by atoms with Crippen molar-refractivity contribution in [2.45, 2.75) is 74.2 Å². The number of hydrogen-bond donors (Lipinski definition) is 1. The van der Waals surface area contributed by atoms with E-state index in [2.05, 4.69) is 4.90 Å². The minimum absolute atomic E-state index is 0.0202. The fourth-order valence-corrected chi connectivity index (χ4v) is 8.36. The number of aryl methyl sites for hydroxylation is 1. The quantitative estimate of drug-likeness (QED) is 0.334. The summed E-state index contributed by atoms with van der Waals surface area (Å²) in [6, 6.07) is 17.6. The number of rotatable bonds is 7. The van der Waals surface area contributed by atoms with Gasteiger partial charge >= 0.3 is 6.18 Å². The number of aliphatic hydroxyl groups is 1. The fourth-order valence-electron chi connectivity index (χ4n) is 6.65. The predicted molar refractivity (Wildman–Crippen MR) is 156 cm³/mol. The number of piperidine rings is 1. The molecule has 0 unspecified atom stereocenters. The summed E-state index contributed by atoms with van der Waals surface area (Å²) < 4.78 is 75.4. The Morgan fingerprint density at radius 2 is 1.64 bits per heavy atom. The van der Waals surface area contributed by atoms with Crippen molar-refractivity contribution in [1.29, 1.82) is 0 Å². The van der Waals surface area contributed by atoms with Gasteiger partial charge in [0, 0.05) is 25.2 Å². The van der Waals surface area contributed by atoms with Gasteiger partial charge in [0.1, 0.15) is 11.4 Å². The molecular formula is C32H37F3N2O4S. The number of nitrogens with zero attached hydrogens (tertiary/aromatic N) is 2. The van der Waals surface area contributed by atoms with Crippen molar-refractivity contribution >= 4 is 15.7 Å². The van der Waals surface area contributed by atoms with Crippen LogP contribution in [-0.2, 0) is 21.8 Å². The van der Waals surface area contributed by atoms with Gasteiger partial charge in [-0.15, -0.1) is 0 Å². The first-order chi connectivity index (χ1) is 19.9. The van der Waals surface area contributed by atoms with E-state index in [0.29, 0.717) is 38.1 Å². The Bertz CT molecular complexity index is 1490. The largest absolute Gasteiger partial charge is 0.497 e. The molecule has 1 heterocycles. The number of anilines is 1. The second-order valence-corrected chi connectivity index (χ2v) is 13.1. The summed E-state index contributed by atoms with van der Waals surface area (Å²) in [5.41, 5.74) is 0.00501. The Hall–Kier alpha value is -3.08. The van der Waals surface area contributed by atoms with Gasteiger partial charge in [-0.1, -0.05) is 43.2 Å². The fraction of sp³-hybridized carbons (Fsp3) is 0.438. The second-order valence-electron chi connectivity index (χ2n) is 11.3. The number of benzene rings is 3. The minimum atomic E-state index is -4.62. The molecule has 10 heteroatoms. The molecule has 6 nitrogen and oxygen atoms in total. The monoisotopic (exact) mass is 602 g/mol. The van der Waals surface area contributed by atoms with Gasteiger partial charge in [-0.05, 0) is 86.2 Å². The van der Waals surface area contributed by atoms with E-state index in [1.54, 1.807) is 0 Å². The maximum absolute atomic E-state index is 14.1. The lowest BCUT2D eigenvalue weighted by atomic mass is 9.73. The second kappa shape index (κ2) is 11.9. The molecule has 3 aromatic carbocycles. The lowest BCUT2D eigenvalue weighted by Gasteiger charge is -2.49. The molecule has 3 aromatic rings.